The number of hydrogen-bond acceptors (Lipinski definition) is 4. The van der Waals surface area contributed by atoms with Gasteiger partial charge in [-0.25, -0.2) is 0 Å². The molecule has 0 radical (unpaired) electrons. The molecule has 0 amide bonds. The van der Waals surface area contributed by atoms with E-state index in [9.17, 15) is 8.42 Å². The SMILES string of the molecule is N#Cc1cccc(COc2ccc(NS(=O)(=O)N3CCCCC3)cc2)c1. The molecule has 1 N–H and O–H groups in total. The molecular formula is C19H21N3O3S. The summed E-state index contributed by atoms with van der Waals surface area (Å²) in [6.07, 6.45) is 2.89. The molecule has 0 atom stereocenters. The molecular weight excluding hydrogens is 350 g/mol. The lowest BCUT2D eigenvalue weighted by atomic mass is 10.1. The van der Waals surface area contributed by atoms with Crippen molar-refractivity contribution in [1.29, 1.82) is 5.26 Å². The maximum atomic E-state index is 12.4. The molecule has 2 aromatic carbocycles. The molecule has 1 aliphatic rings. The van der Waals surface area contributed by atoms with Gasteiger partial charge in [-0.15, -0.1) is 0 Å². The summed E-state index contributed by atoms with van der Waals surface area (Å²) in [5, 5.41) is 8.91. The summed E-state index contributed by atoms with van der Waals surface area (Å²) in [4.78, 5) is 0. The van der Waals surface area contributed by atoms with Gasteiger partial charge in [-0.1, -0.05) is 18.6 Å². The van der Waals surface area contributed by atoms with Crippen LogP contribution in [0.3, 0.4) is 0 Å². The van der Waals surface area contributed by atoms with E-state index in [1.165, 1.54) is 4.31 Å². The molecule has 136 valence electrons. The van der Waals surface area contributed by atoms with Gasteiger partial charge in [0.2, 0.25) is 0 Å². The Hall–Kier alpha value is -2.56. The van der Waals surface area contributed by atoms with Crippen LogP contribution in [0.2, 0.25) is 0 Å². The van der Waals surface area contributed by atoms with Gasteiger partial charge in [0.25, 0.3) is 0 Å². The first-order valence-corrected chi connectivity index (χ1v) is 10.0. The fraction of sp³-hybridized carbons (Fsp3) is 0.316. The van der Waals surface area contributed by atoms with Crippen LogP contribution in [0.5, 0.6) is 5.75 Å². The molecule has 1 saturated heterocycles. The normalized spacial score (nSPS) is 15.2. The molecule has 6 nitrogen and oxygen atoms in total. The predicted molar refractivity (Wildman–Crippen MR) is 99.9 cm³/mol. The third-order valence-corrected chi connectivity index (χ3v) is 5.76. The molecule has 0 unspecified atom stereocenters. The van der Waals surface area contributed by atoms with Crippen molar-refractivity contribution in [2.75, 3.05) is 17.8 Å². The van der Waals surface area contributed by atoms with Crippen LogP contribution < -0.4 is 9.46 Å². The van der Waals surface area contributed by atoms with E-state index >= 15 is 0 Å². The largest absolute Gasteiger partial charge is 0.489 e. The van der Waals surface area contributed by atoms with E-state index in [0.29, 0.717) is 36.7 Å². The average Bonchev–Trinajstić information content (AvgIpc) is 2.68. The Labute approximate surface area is 154 Å². The molecule has 0 spiro atoms. The second-order valence-electron chi connectivity index (χ2n) is 6.19. The summed E-state index contributed by atoms with van der Waals surface area (Å²) in [5.74, 6) is 0.633. The van der Waals surface area contributed by atoms with Crippen molar-refractivity contribution in [2.24, 2.45) is 0 Å². The zero-order valence-electron chi connectivity index (χ0n) is 14.4. The van der Waals surface area contributed by atoms with Gasteiger partial charge in [0.15, 0.2) is 0 Å². The second-order valence-corrected chi connectivity index (χ2v) is 7.86. The Morgan fingerprint density at radius 1 is 1.08 bits per heavy atom. The number of rotatable bonds is 6. The van der Waals surface area contributed by atoms with Crippen LogP contribution >= 0.6 is 0 Å². The van der Waals surface area contributed by atoms with Gasteiger partial charge >= 0.3 is 10.2 Å². The van der Waals surface area contributed by atoms with Gasteiger partial charge in [-0.05, 0) is 54.8 Å². The van der Waals surface area contributed by atoms with Gasteiger partial charge in [0.05, 0.1) is 17.3 Å². The van der Waals surface area contributed by atoms with Crippen LogP contribution in [0.15, 0.2) is 48.5 Å². The highest BCUT2D eigenvalue weighted by atomic mass is 32.2. The lowest BCUT2D eigenvalue weighted by Crippen LogP contribution is -2.39. The van der Waals surface area contributed by atoms with Crippen molar-refractivity contribution in [2.45, 2.75) is 25.9 Å². The Balaban J connectivity index is 1.58. The molecule has 1 aliphatic heterocycles. The van der Waals surface area contributed by atoms with E-state index in [0.717, 1.165) is 24.8 Å². The molecule has 1 fully saturated rings. The lowest BCUT2D eigenvalue weighted by molar-refractivity contribution is 0.306. The minimum Gasteiger partial charge on any atom is -0.489 e. The van der Waals surface area contributed by atoms with Crippen LogP contribution in [0, 0.1) is 11.3 Å². The van der Waals surface area contributed by atoms with Crippen molar-refractivity contribution < 1.29 is 13.2 Å². The standard InChI is InChI=1S/C19H21N3O3S/c20-14-16-5-4-6-17(13-16)15-25-19-9-7-18(8-10-19)21-26(23,24)22-11-2-1-3-12-22/h4-10,13,21H,1-3,11-12,15H2. The number of piperidine rings is 1. The van der Waals surface area contributed by atoms with Crippen molar-refractivity contribution in [1.82, 2.24) is 4.31 Å². The topological polar surface area (TPSA) is 82.4 Å². The Morgan fingerprint density at radius 3 is 2.50 bits per heavy atom. The molecule has 26 heavy (non-hydrogen) atoms. The molecule has 0 aliphatic carbocycles. The molecule has 0 bridgehead atoms. The molecule has 1 heterocycles. The summed E-state index contributed by atoms with van der Waals surface area (Å²) in [5.41, 5.74) is 2.00. The molecule has 0 saturated carbocycles. The summed E-state index contributed by atoms with van der Waals surface area (Å²) >= 11 is 0. The maximum Gasteiger partial charge on any atom is 0.301 e. The van der Waals surface area contributed by atoms with Crippen molar-refractivity contribution >= 4 is 15.9 Å². The summed E-state index contributed by atoms with van der Waals surface area (Å²) in [6, 6.07) is 16.1. The minimum absolute atomic E-state index is 0.342. The number of hydrogen-bond donors (Lipinski definition) is 1. The van der Waals surface area contributed by atoms with E-state index in [2.05, 4.69) is 10.8 Å². The van der Waals surface area contributed by atoms with E-state index in [-0.39, 0.29) is 0 Å². The quantitative estimate of drug-likeness (QED) is 0.845. The zero-order valence-corrected chi connectivity index (χ0v) is 15.2. The second kappa shape index (κ2) is 8.21. The van der Waals surface area contributed by atoms with Gasteiger partial charge in [0.1, 0.15) is 12.4 Å². The van der Waals surface area contributed by atoms with E-state index in [1.54, 1.807) is 36.4 Å². The van der Waals surface area contributed by atoms with Crippen LogP contribution in [0.25, 0.3) is 0 Å². The maximum absolute atomic E-state index is 12.4. The first-order valence-electron chi connectivity index (χ1n) is 8.57. The summed E-state index contributed by atoms with van der Waals surface area (Å²) in [6.45, 7) is 1.48. The van der Waals surface area contributed by atoms with Crippen LogP contribution in [0.4, 0.5) is 5.69 Å². The number of nitriles is 1. The molecule has 2 aromatic rings. The van der Waals surface area contributed by atoms with Gasteiger partial charge in [-0.2, -0.15) is 18.0 Å². The highest BCUT2D eigenvalue weighted by Gasteiger charge is 2.23. The Morgan fingerprint density at radius 2 is 1.81 bits per heavy atom. The first-order chi connectivity index (χ1) is 12.6. The fourth-order valence-electron chi connectivity index (χ4n) is 2.84. The lowest BCUT2D eigenvalue weighted by Gasteiger charge is -2.26. The van der Waals surface area contributed by atoms with Crippen molar-refractivity contribution in [3.05, 3.63) is 59.7 Å². The minimum atomic E-state index is -3.50. The zero-order chi connectivity index (χ0) is 18.4. The smallest absolute Gasteiger partial charge is 0.301 e. The number of benzene rings is 2. The highest BCUT2D eigenvalue weighted by molar-refractivity contribution is 7.90. The monoisotopic (exact) mass is 371 g/mol. The highest BCUT2D eigenvalue weighted by Crippen LogP contribution is 2.20. The predicted octanol–water partition coefficient (Wildman–Crippen LogP) is 3.28. The summed E-state index contributed by atoms with van der Waals surface area (Å²) < 4.78 is 34.5. The summed E-state index contributed by atoms with van der Waals surface area (Å²) in [7, 11) is -3.50. The van der Waals surface area contributed by atoms with Gasteiger partial charge in [0, 0.05) is 13.1 Å². The van der Waals surface area contributed by atoms with Crippen LogP contribution in [0.1, 0.15) is 30.4 Å². The van der Waals surface area contributed by atoms with Crippen LogP contribution in [-0.2, 0) is 16.8 Å². The van der Waals surface area contributed by atoms with Gasteiger partial charge < -0.3 is 4.74 Å². The molecule has 3 rings (SSSR count). The number of anilines is 1. The van der Waals surface area contributed by atoms with E-state index in [1.807, 2.05) is 12.1 Å². The fourth-order valence-corrected chi connectivity index (χ4v) is 4.14. The van der Waals surface area contributed by atoms with E-state index < -0.39 is 10.2 Å². The number of nitrogens with zero attached hydrogens (tertiary/aromatic N) is 2. The van der Waals surface area contributed by atoms with Gasteiger partial charge in [-0.3, -0.25) is 4.72 Å². The third-order valence-electron chi connectivity index (χ3n) is 4.22. The Bertz CT molecular complexity index is 883. The average molecular weight is 371 g/mol. The number of nitrogens with one attached hydrogen (secondary N) is 1. The number of ether oxygens (including phenoxy) is 1. The van der Waals surface area contributed by atoms with E-state index in [4.69, 9.17) is 10.00 Å². The Kier molecular flexibility index (Phi) is 5.76. The molecule has 7 heteroatoms. The van der Waals surface area contributed by atoms with Crippen LogP contribution in [-0.4, -0.2) is 25.8 Å². The molecule has 0 aromatic heterocycles. The third kappa shape index (κ3) is 4.75. The first kappa shape index (κ1) is 18.2. The van der Waals surface area contributed by atoms with Crippen molar-refractivity contribution in [3.63, 3.8) is 0 Å². The van der Waals surface area contributed by atoms with Crippen molar-refractivity contribution in [3.8, 4) is 11.8 Å².